The van der Waals surface area contributed by atoms with Crippen molar-refractivity contribution in [3.63, 3.8) is 0 Å². The summed E-state index contributed by atoms with van der Waals surface area (Å²) in [4.78, 5) is 36.7. The van der Waals surface area contributed by atoms with E-state index in [1.165, 1.54) is 25.7 Å². The van der Waals surface area contributed by atoms with Crippen LogP contribution in [-0.4, -0.2) is 60.0 Å². The van der Waals surface area contributed by atoms with Crippen LogP contribution in [0.4, 0.5) is 0 Å². The standard InChI is InChI=1S/C18H26O7.C14H26O2/c1-4-17(2,3)16(20)23-12-10-11(21-14(12)19)13-15(22-10)25-18(24-13)8-6-5-7-9-18;1-5-13(3,4)12(15)16-14(6-2)10-8-7-9-11-14/h10-13,15H,4-9H2,1-3H3;5-11H2,1-4H3. The van der Waals surface area contributed by atoms with Gasteiger partial charge in [0.1, 0.15) is 11.7 Å². The molecule has 0 aromatic rings. The molecule has 5 rings (SSSR count). The molecule has 0 bridgehead atoms. The second-order valence-electron chi connectivity index (χ2n) is 13.8. The smallest absolute Gasteiger partial charge is 0.350 e. The van der Waals surface area contributed by atoms with E-state index in [2.05, 4.69) is 6.92 Å². The normalized spacial score (nSPS) is 31.9. The van der Waals surface area contributed by atoms with Crippen LogP contribution in [0.3, 0.4) is 0 Å². The van der Waals surface area contributed by atoms with E-state index in [0.717, 1.165) is 51.4 Å². The molecule has 234 valence electrons. The van der Waals surface area contributed by atoms with Crippen molar-refractivity contribution in [2.75, 3.05) is 0 Å². The zero-order valence-corrected chi connectivity index (χ0v) is 26.3. The summed E-state index contributed by atoms with van der Waals surface area (Å²) >= 11 is 0. The predicted octanol–water partition coefficient (Wildman–Crippen LogP) is 6.14. The van der Waals surface area contributed by atoms with Gasteiger partial charge in [-0.05, 0) is 85.5 Å². The Labute approximate surface area is 245 Å². The number of carbonyl (C=O) groups is 3. The third-order valence-corrected chi connectivity index (χ3v) is 10.1. The Kier molecular flexibility index (Phi) is 9.81. The van der Waals surface area contributed by atoms with Gasteiger partial charge in [-0.15, -0.1) is 0 Å². The molecule has 5 unspecified atom stereocenters. The first-order chi connectivity index (χ1) is 19.3. The van der Waals surface area contributed by atoms with Gasteiger partial charge in [-0.25, -0.2) is 4.79 Å². The molecule has 3 heterocycles. The lowest BCUT2D eigenvalue weighted by molar-refractivity contribution is -0.246. The Bertz CT molecular complexity index is 945. The molecule has 9 nitrogen and oxygen atoms in total. The average molecular weight is 581 g/mol. The molecule has 5 fully saturated rings. The third-order valence-electron chi connectivity index (χ3n) is 10.1. The van der Waals surface area contributed by atoms with Crippen molar-refractivity contribution in [2.24, 2.45) is 10.8 Å². The van der Waals surface area contributed by atoms with Crippen molar-refractivity contribution in [3.8, 4) is 0 Å². The van der Waals surface area contributed by atoms with Crippen LogP contribution < -0.4 is 0 Å². The zero-order chi connectivity index (χ0) is 30.1. The van der Waals surface area contributed by atoms with Crippen molar-refractivity contribution in [1.82, 2.24) is 0 Å². The van der Waals surface area contributed by atoms with E-state index in [1.807, 2.05) is 27.7 Å². The summed E-state index contributed by atoms with van der Waals surface area (Å²) in [6.45, 7) is 13.6. The summed E-state index contributed by atoms with van der Waals surface area (Å²) in [6, 6.07) is 0. The molecule has 0 amide bonds. The van der Waals surface area contributed by atoms with Crippen molar-refractivity contribution in [1.29, 1.82) is 0 Å². The molecule has 2 saturated carbocycles. The zero-order valence-electron chi connectivity index (χ0n) is 26.3. The number of hydrogen-bond donors (Lipinski definition) is 0. The summed E-state index contributed by atoms with van der Waals surface area (Å²) in [7, 11) is 0. The molecular formula is C32H52O9. The lowest BCUT2D eigenvalue weighted by Gasteiger charge is -2.38. The van der Waals surface area contributed by atoms with E-state index < -0.39 is 53.8 Å². The minimum absolute atomic E-state index is 0.0150. The maximum atomic E-state index is 12.3. The van der Waals surface area contributed by atoms with E-state index in [1.54, 1.807) is 13.8 Å². The van der Waals surface area contributed by atoms with Crippen LogP contribution in [0.1, 0.15) is 132 Å². The van der Waals surface area contributed by atoms with Gasteiger partial charge in [0.15, 0.2) is 24.3 Å². The summed E-state index contributed by atoms with van der Waals surface area (Å²) in [6.07, 6.45) is 9.84. The quantitative estimate of drug-likeness (QED) is 0.259. The number of fused-ring (bicyclic) bond motifs is 3. The first-order valence-electron chi connectivity index (χ1n) is 16.0. The predicted molar refractivity (Wildman–Crippen MR) is 151 cm³/mol. The Hall–Kier alpha value is -1.71. The molecule has 5 aliphatic rings. The molecule has 3 aliphatic heterocycles. The van der Waals surface area contributed by atoms with Gasteiger partial charge >= 0.3 is 17.9 Å². The molecule has 3 saturated heterocycles. The van der Waals surface area contributed by atoms with Gasteiger partial charge in [0.05, 0.1) is 10.8 Å². The fourth-order valence-electron chi connectivity index (χ4n) is 6.13. The van der Waals surface area contributed by atoms with Crippen LogP contribution in [0.25, 0.3) is 0 Å². The summed E-state index contributed by atoms with van der Waals surface area (Å²) < 4.78 is 34.8. The Morgan fingerprint density at radius 1 is 0.780 bits per heavy atom. The van der Waals surface area contributed by atoms with Gasteiger partial charge < -0.3 is 28.4 Å². The molecule has 0 N–H and O–H groups in total. The highest BCUT2D eigenvalue weighted by molar-refractivity contribution is 5.84. The first-order valence-corrected chi connectivity index (χ1v) is 16.0. The highest BCUT2D eigenvalue weighted by Crippen LogP contribution is 2.48. The molecule has 9 heteroatoms. The van der Waals surface area contributed by atoms with Crippen molar-refractivity contribution < 1.29 is 42.8 Å². The molecule has 41 heavy (non-hydrogen) atoms. The maximum Gasteiger partial charge on any atom is 0.350 e. The van der Waals surface area contributed by atoms with Gasteiger partial charge in [0.2, 0.25) is 6.10 Å². The van der Waals surface area contributed by atoms with E-state index in [0.29, 0.717) is 6.42 Å². The van der Waals surface area contributed by atoms with Crippen LogP contribution in [0.2, 0.25) is 0 Å². The lowest BCUT2D eigenvalue weighted by Crippen LogP contribution is -2.41. The van der Waals surface area contributed by atoms with Crippen molar-refractivity contribution in [3.05, 3.63) is 0 Å². The van der Waals surface area contributed by atoms with Gasteiger partial charge in [0.25, 0.3) is 0 Å². The fraction of sp³-hybridized carbons (Fsp3) is 0.906. The maximum absolute atomic E-state index is 12.3. The van der Waals surface area contributed by atoms with Crippen LogP contribution >= 0.6 is 0 Å². The topological polar surface area (TPSA) is 107 Å². The summed E-state index contributed by atoms with van der Waals surface area (Å²) in [5, 5.41) is 0. The van der Waals surface area contributed by atoms with E-state index in [9.17, 15) is 14.4 Å². The molecular weight excluding hydrogens is 528 g/mol. The van der Waals surface area contributed by atoms with Gasteiger partial charge in [-0.2, -0.15) is 0 Å². The molecule has 1 spiro atoms. The van der Waals surface area contributed by atoms with Crippen molar-refractivity contribution >= 4 is 17.9 Å². The molecule has 0 radical (unpaired) electrons. The monoisotopic (exact) mass is 580 g/mol. The van der Waals surface area contributed by atoms with Crippen LogP contribution in [-0.2, 0) is 42.8 Å². The number of rotatable bonds is 7. The van der Waals surface area contributed by atoms with Gasteiger partial charge in [0, 0.05) is 12.8 Å². The fourth-order valence-corrected chi connectivity index (χ4v) is 6.13. The Morgan fingerprint density at radius 3 is 1.90 bits per heavy atom. The first kappa shape index (κ1) is 32.2. The third kappa shape index (κ3) is 6.77. The highest BCUT2D eigenvalue weighted by atomic mass is 16.9. The number of ether oxygens (including phenoxy) is 6. The molecule has 5 atom stereocenters. The van der Waals surface area contributed by atoms with E-state index in [4.69, 9.17) is 28.4 Å². The van der Waals surface area contributed by atoms with Crippen LogP contribution in [0.5, 0.6) is 0 Å². The number of esters is 3. The second kappa shape index (κ2) is 12.5. The van der Waals surface area contributed by atoms with Crippen LogP contribution in [0, 0.1) is 10.8 Å². The second-order valence-corrected chi connectivity index (χ2v) is 13.8. The van der Waals surface area contributed by atoms with E-state index in [-0.39, 0.29) is 17.0 Å². The van der Waals surface area contributed by atoms with Crippen molar-refractivity contribution in [2.45, 2.75) is 174 Å². The van der Waals surface area contributed by atoms with Crippen LogP contribution in [0.15, 0.2) is 0 Å². The molecule has 2 aliphatic carbocycles. The summed E-state index contributed by atoms with van der Waals surface area (Å²) in [5.41, 5.74) is -1.15. The van der Waals surface area contributed by atoms with Gasteiger partial charge in [-0.3, -0.25) is 9.59 Å². The van der Waals surface area contributed by atoms with E-state index >= 15 is 0 Å². The minimum Gasteiger partial charge on any atom is -0.459 e. The molecule has 0 aromatic carbocycles. The Balaban J connectivity index is 0.000000210. The number of carbonyl (C=O) groups excluding carboxylic acids is 3. The molecule has 0 aromatic heterocycles. The summed E-state index contributed by atoms with van der Waals surface area (Å²) in [5.74, 6) is -1.62. The minimum atomic E-state index is -1.05. The largest absolute Gasteiger partial charge is 0.459 e. The average Bonchev–Trinajstić information content (AvgIpc) is 3.56. The Morgan fingerprint density at radius 2 is 1.34 bits per heavy atom. The SMILES string of the molecule is CCC(C)(C)C(=O)OC1C(=O)OC2C3OC4(CCCCC4)OC3OC12.CCC1(OC(=O)C(C)(C)CC)CCCCC1. The van der Waals surface area contributed by atoms with Gasteiger partial charge in [-0.1, -0.05) is 33.6 Å². The number of hydrogen-bond acceptors (Lipinski definition) is 9. The highest BCUT2D eigenvalue weighted by Gasteiger charge is 2.66. The lowest BCUT2D eigenvalue weighted by atomic mass is 9.82.